The fraction of sp³-hybridized carbons (Fsp3) is 0.353. The lowest BCUT2D eigenvalue weighted by Crippen LogP contribution is -2.37. The van der Waals surface area contributed by atoms with Gasteiger partial charge in [-0.3, -0.25) is 0 Å². The first-order chi connectivity index (χ1) is 9.86. The number of fused-ring (bicyclic) bond motifs is 1. The number of hydrogen-bond donors (Lipinski definition) is 2. The molecule has 0 spiro atoms. The van der Waals surface area contributed by atoms with Gasteiger partial charge in [0.15, 0.2) is 0 Å². The van der Waals surface area contributed by atoms with E-state index in [1.807, 2.05) is 37.3 Å². The maximum atomic E-state index is 10.4. The van der Waals surface area contributed by atoms with Gasteiger partial charge < -0.3 is 5.11 Å². The molecule has 1 atom stereocenters. The van der Waals surface area contributed by atoms with E-state index in [4.69, 9.17) is 0 Å². The number of hydrogen-bond acceptors (Lipinski definition) is 4. The molecule has 0 amide bonds. The molecule has 1 aromatic carbocycles. The van der Waals surface area contributed by atoms with E-state index in [0.717, 1.165) is 11.3 Å². The molecule has 0 bridgehead atoms. The minimum atomic E-state index is 0.0205. The van der Waals surface area contributed by atoms with E-state index in [9.17, 15) is 5.11 Å². The van der Waals surface area contributed by atoms with Crippen molar-refractivity contribution in [2.75, 3.05) is 5.12 Å². The Labute approximate surface area is 125 Å². The highest BCUT2D eigenvalue weighted by Crippen LogP contribution is 2.37. The van der Waals surface area contributed by atoms with Crippen LogP contribution in [0.1, 0.15) is 31.9 Å². The van der Waals surface area contributed by atoms with Gasteiger partial charge in [-0.2, -0.15) is 15.6 Å². The van der Waals surface area contributed by atoms with Crippen molar-refractivity contribution in [1.82, 2.24) is 5.43 Å². The molecule has 1 aliphatic carbocycles. The Hall–Kier alpha value is -2.07. The van der Waals surface area contributed by atoms with Crippen LogP contribution in [0.15, 0.2) is 41.5 Å². The zero-order chi connectivity index (χ0) is 15.2. The maximum Gasteiger partial charge on any atom is 0.145 e. The lowest BCUT2D eigenvalue weighted by Gasteiger charge is -2.24. The second-order valence-electron chi connectivity index (χ2n) is 6.60. The van der Waals surface area contributed by atoms with Crippen molar-refractivity contribution in [2.24, 2.45) is 5.10 Å². The standard InChI is InChI=1S/C17H21N3O/c1-11-9-12(17(2,3)4)10-15(16(11)21)20-18-13-7-5-6-8-14(13)19-20/h5-10,13,18,21H,1-4H3. The summed E-state index contributed by atoms with van der Waals surface area (Å²) in [5.41, 5.74) is 7.00. The second kappa shape index (κ2) is 4.74. The van der Waals surface area contributed by atoms with Crippen LogP contribution in [0.25, 0.3) is 0 Å². The SMILES string of the molecule is Cc1cc(C(C)(C)C)cc(N2N=C3C=CC=CC3N2)c1O. The third-order valence-corrected chi connectivity index (χ3v) is 3.85. The fourth-order valence-electron chi connectivity index (χ4n) is 2.49. The molecule has 0 aromatic heterocycles. The van der Waals surface area contributed by atoms with Crippen LogP contribution < -0.4 is 10.5 Å². The summed E-state index contributed by atoms with van der Waals surface area (Å²) in [6, 6.07) is 4.12. The average molecular weight is 283 g/mol. The van der Waals surface area contributed by atoms with Gasteiger partial charge in [-0.25, -0.2) is 0 Å². The van der Waals surface area contributed by atoms with Gasteiger partial charge in [-0.15, -0.1) is 0 Å². The molecule has 1 aliphatic heterocycles. The van der Waals surface area contributed by atoms with E-state index < -0.39 is 0 Å². The summed E-state index contributed by atoms with van der Waals surface area (Å²) >= 11 is 0. The third kappa shape index (κ3) is 2.47. The van der Waals surface area contributed by atoms with Crippen molar-refractivity contribution in [3.8, 4) is 5.75 Å². The number of nitrogens with zero attached hydrogens (tertiary/aromatic N) is 2. The van der Waals surface area contributed by atoms with Gasteiger partial charge in [-0.05, 0) is 35.6 Å². The third-order valence-electron chi connectivity index (χ3n) is 3.85. The van der Waals surface area contributed by atoms with Crippen molar-refractivity contribution in [3.05, 3.63) is 47.6 Å². The molecule has 0 fully saturated rings. The van der Waals surface area contributed by atoms with Crippen molar-refractivity contribution in [2.45, 2.75) is 39.2 Å². The van der Waals surface area contributed by atoms with Crippen LogP contribution in [0.3, 0.4) is 0 Å². The van der Waals surface area contributed by atoms with Gasteiger partial charge in [0.05, 0.1) is 11.8 Å². The number of aryl methyl sites for hydroxylation is 1. The molecule has 4 nitrogen and oxygen atoms in total. The molecule has 2 N–H and O–H groups in total. The van der Waals surface area contributed by atoms with Crippen LogP contribution in [0, 0.1) is 6.92 Å². The Morgan fingerprint density at radius 2 is 2.00 bits per heavy atom. The smallest absolute Gasteiger partial charge is 0.145 e. The van der Waals surface area contributed by atoms with Crippen molar-refractivity contribution in [3.63, 3.8) is 0 Å². The van der Waals surface area contributed by atoms with Crippen LogP contribution in [0.2, 0.25) is 0 Å². The maximum absolute atomic E-state index is 10.4. The molecule has 0 saturated heterocycles. The molecule has 3 rings (SSSR count). The first kappa shape index (κ1) is 13.9. The summed E-state index contributed by atoms with van der Waals surface area (Å²) in [5, 5.41) is 16.6. The second-order valence-corrected chi connectivity index (χ2v) is 6.60. The van der Waals surface area contributed by atoms with E-state index in [-0.39, 0.29) is 17.2 Å². The zero-order valence-electron chi connectivity index (χ0n) is 12.9. The average Bonchev–Trinajstić information content (AvgIpc) is 2.84. The fourth-order valence-corrected chi connectivity index (χ4v) is 2.49. The van der Waals surface area contributed by atoms with Gasteiger partial charge in [-0.1, -0.05) is 45.1 Å². The highest BCUT2D eigenvalue weighted by atomic mass is 16.3. The van der Waals surface area contributed by atoms with Crippen molar-refractivity contribution < 1.29 is 5.11 Å². The van der Waals surface area contributed by atoms with Crippen molar-refractivity contribution in [1.29, 1.82) is 0 Å². The molecule has 2 aliphatic rings. The topological polar surface area (TPSA) is 47.9 Å². The van der Waals surface area contributed by atoms with Gasteiger partial charge in [0.25, 0.3) is 0 Å². The quantitative estimate of drug-likeness (QED) is 0.832. The van der Waals surface area contributed by atoms with Crippen LogP contribution in [0.5, 0.6) is 5.75 Å². The molecule has 1 heterocycles. The molecule has 1 aromatic rings. The minimum Gasteiger partial charge on any atom is -0.505 e. The zero-order valence-corrected chi connectivity index (χ0v) is 12.9. The van der Waals surface area contributed by atoms with E-state index in [0.29, 0.717) is 5.69 Å². The highest BCUT2D eigenvalue weighted by molar-refractivity contribution is 6.03. The van der Waals surface area contributed by atoms with Crippen LogP contribution >= 0.6 is 0 Å². The molecule has 1 unspecified atom stereocenters. The minimum absolute atomic E-state index is 0.0205. The summed E-state index contributed by atoms with van der Waals surface area (Å²) in [6.07, 6.45) is 8.00. The highest BCUT2D eigenvalue weighted by Gasteiger charge is 2.27. The number of hydrazone groups is 1. The summed E-state index contributed by atoms with van der Waals surface area (Å²) < 4.78 is 0. The van der Waals surface area contributed by atoms with E-state index in [1.54, 1.807) is 5.12 Å². The normalized spacial score (nSPS) is 20.7. The number of phenolic OH excluding ortho intramolecular Hbond substituents is 1. The number of phenols is 1. The Morgan fingerprint density at radius 1 is 1.24 bits per heavy atom. The Balaban J connectivity index is 2.03. The van der Waals surface area contributed by atoms with Gasteiger partial charge in [0, 0.05) is 0 Å². The molecule has 21 heavy (non-hydrogen) atoms. The summed E-state index contributed by atoms with van der Waals surface area (Å²) in [7, 11) is 0. The van der Waals surface area contributed by atoms with Crippen LogP contribution in [-0.4, -0.2) is 16.9 Å². The number of rotatable bonds is 1. The van der Waals surface area contributed by atoms with E-state index >= 15 is 0 Å². The van der Waals surface area contributed by atoms with Crippen LogP contribution in [-0.2, 0) is 5.41 Å². The number of benzene rings is 1. The van der Waals surface area contributed by atoms with E-state index in [2.05, 4.69) is 37.4 Å². The van der Waals surface area contributed by atoms with Crippen molar-refractivity contribution >= 4 is 11.4 Å². The number of allylic oxidation sites excluding steroid dienone is 2. The van der Waals surface area contributed by atoms with E-state index in [1.165, 1.54) is 5.56 Å². The first-order valence-electron chi connectivity index (χ1n) is 7.20. The summed E-state index contributed by atoms with van der Waals surface area (Å²) in [4.78, 5) is 0. The van der Waals surface area contributed by atoms with Gasteiger partial charge in [0.2, 0.25) is 0 Å². The Kier molecular flexibility index (Phi) is 3.14. The predicted octanol–water partition coefficient (Wildman–Crippen LogP) is 3.17. The lowest BCUT2D eigenvalue weighted by molar-refractivity contribution is 0.466. The first-order valence-corrected chi connectivity index (χ1v) is 7.20. The molecule has 4 heteroatoms. The predicted molar refractivity (Wildman–Crippen MR) is 86.7 cm³/mol. The number of aromatic hydroxyl groups is 1. The molecule has 0 radical (unpaired) electrons. The molecule has 0 saturated carbocycles. The number of nitrogens with one attached hydrogen (secondary N) is 1. The van der Waals surface area contributed by atoms with Crippen LogP contribution in [0.4, 0.5) is 5.69 Å². The summed E-state index contributed by atoms with van der Waals surface area (Å²) in [6.45, 7) is 8.41. The largest absolute Gasteiger partial charge is 0.505 e. The Morgan fingerprint density at radius 3 is 2.67 bits per heavy atom. The molecule has 110 valence electrons. The monoisotopic (exact) mass is 283 g/mol. The lowest BCUT2D eigenvalue weighted by atomic mass is 9.85. The summed E-state index contributed by atoms with van der Waals surface area (Å²) in [5.74, 6) is 0.270. The number of anilines is 1. The molecular weight excluding hydrogens is 262 g/mol. The van der Waals surface area contributed by atoms with Gasteiger partial charge >= 0.3 is 0 Å². The Bertz CT molecular complexity index is 665. The number of hydrazine groups is 1. The van der Waals surface area contributed by atoms with Gasteiger partial charge in [0.1, 0.15) is 11.4 Å². The molecular formula is C17H21N3O.